The Morgan fingerprint density at radius 3 is 2.06 bits per heavy atom. The van der Waals surface area contributed by atoms with Gasteiger partial charge in [-0.25, -0.2) is 8.42 Å². The Morgan fingerprint density at radius 1 is 0.941 bits per heavy atom. The first-order chi connectivity index (χ1) is 15.9. The zero-order valence-corrected chi connectivity index (χ0v) is 19.3. The Balaban J connectivity index is 2.09. The van der Waals surface area contributed by atoms with Gasteiger partial charge in [-0.05, 0) is 47.4 Å². The van der Waals surface area contributed by atoms with Crippen molar-refractivity contribution >= 4 is 15.7 Å². The molecule has 0 fully saturated rings. The van der Waals surface area contributed by atoms with Crippen molar-refractivity contribution < 1.29 is 26.7 Å². The summed E-state index contributed by atoms with van der Waals surface area (Å²) in [6, 6.07) is 18.7. The number of aliphatic hydroxyl groups is 1. The minimum absolute atomic E-state index is 0.0562. The number of alkyl halides is 3. The molecule has 0 saturated heterocycles. The fourth-order valence-corrected chi connectivity index (χ4v) is 5.24. The second kappa shape index (κ2) is 9.49. The summed E-state index contributed by atoms with van der Waals surface area (Å²) in [5.74, 6) is -0.106. The maximum absolute atomic E-state index is 14.0. The average molecular weight is 489 g/mol. The molecule has 0 aromatic heterocycles. The van der Waals surface area contributed by atoms with Gasteiger partial charge < -0.3 is 5.11 Å². The van der Waals surface area contributed by atoms with Gasteiger partial charge in [-0.15, -0.1) is 0 Å². The van der Waals surface area contributed by atoms with Crippen LogP contribution in [0.1, 0.15) is 30.5 Å². The minimum Gasteiger partial charge on any atom is -0.372 e. The largest absolute Gasteiger partial charge is 0.425 e. The van der Waals surface area contributed by atoms with Crippen molar-refractivity contribution in [2.75, 3.05) is 10.8 Å². The van der Waals surface area contributed by atoms with Crippen molar-refractivity contribution in [1.82, 2.24) is 0 Å². The van der Waals surface area contributed by atoms with Crippen LogP contribution in [0.2, 0.25) is 0 Å². The van der Waals surface area contributed by atoms with E-state index in [1.165, 1.54) is 60.7 Å². The second-order valence-corrected chi connectivity index (χ2v) is 10.1. The minimum atomic E-state index is -5.02. The molecule has 3 rings (SSSR count). The number of anilines is 1. The smallest absolute Gasteiger partial charge is 0.372 e. The monoisotopic (exact) mass is 488 g/mol. The molecule has 0 bridgehead atoms. The number of halogens is 3. The molecular formula is C25H23F3N2O3S. The number of hydrogen-bond acceptors (Lipinski definition) is 4. The summed E-state index contributed by atoms with van der Waals surface area (Å²) in [5, 5.41) is 19.9. The Hall–Kier alpha value is -3.35. The maximum atomic E-state index is 14.0. The molecule has 0 radical (unpaired) electrons. The van der Waals surface area contributed by atoms with E-state index in [9.17, 15) is 26.7 Å². The summed E-state index contributed by atoms with van der Waals surface area (Å²) in [6.07, 6.45) is -5.02. The van der Waals surface area contributed by atoms with Crippen LogP contribution in [0.5, 0.6) is 0 Å². The molecule has 0 aliphatic carbocycles. The van der Waals surface area contributed by atoms with Gasteiger partial charge in [0.15, 0.2) is 0 Å². The van der Waals surface area contributed by atoms with Crippen molar-refractivity contribution in [3.8, 4) is 6.07 Å². The van der Waals surface area contributed by atoms with Crippen LogP contribution in [0.3, 0.4) is 0 Å². The van der Waals surface area contributed by atoms with E-state index in [1.807, 2.05) is 6.07 Å². The molecule has 0 saturated carbocycles. The van der Waals surface area contributed by atoms with E-state index in [4.69, 9.17) is 5.26 Å². The Kier molecular flexibility index (Phi) is 7.05. The highest BCUT2D eigenvalue weighted by Crippen LogP contribution is 2.44. The lowest BCUT2D eigenvalue weighted by Crippen LogP contribution is -2.43. The first kappa shape index (κ1) is 25.3. The van der Waals surface area contributed by atoms with E-state index in [2.05, 4.69) is 0 Å². The van der Waals surface area contributed by atoms with Crippen molar-refractivity contribution in [2.45, 2.75) is 30.5 Å². The molecule has 9 heteroatoms. The molecule has 1 atom stereocenters. The molecule has 178 valence electrons. The topological polar surface area (TPSA) is 81.4 Å². The van der Waals surface area contributed by atoms with Crippen molar-refractivity contribution in [1.29, 1.82) is 5.26 Å². The van der Waals surface area contributed by atoms with Gasteiger partial charge in [-0.1, -0.05) is 62.4 Å². The van der Waals surface area contributed by atoms with E-state index in [0.29, 0.717) is 0 Å². The van der Waals surface area contributed by atoms with Gasteiger partial charge in [0.25, 0.3) is 10.0 Å². The summed E-state index contributed by atoms with van der Waals surface area (Å²) in [7, 11) is -4.11. The molecule has 5 nitrogen and oxygen atoms in total. The number of nitriles is 1. The molecule has 1 N–H and O–H groups in total. The molecule has 0 spiro atoms. The van der Waals surface area contributed by atoms with E-state index in [0.717, 1.165) is 16.4 Å². The van der Waals surface area contributed by atoms with E-state index in [-0.39, 0.29) is 34.2 Å². The van der Waals surface area contributed by atoms with Crippen LogP contribution in [-0.4, -0.2) is 26.2 Å². The zero-order valence-electron chi connectivity index (χ0n) is 18.5. The van der Waals surface area contributed by atoms with Gasteiger partial charge in [0.05, 0.1) is 22.2 Å². The highest BCUT2D eigenvalue weighted by atomic mass is 32.2. The average Bonchev–Trinajstić information content (AvgIpc) is 2.82. The van der Waals surface area contributed by atoms with Crippen molar-refractivity contribution in [3.05, 3.63) is 95.6 Å². The van der Waals surface area contributed by atoms with Gasteiger partial charge in [0.2, 0.25) is 5.60 Å². The van der Waals surface area contributed by atoms with Gasteiger partial charge in [0.1, 0.15) is 0 Å². The first-order valence-corrected chi connectivity index (χ1v) is 11.8. The van der Waals surface area contributed by atoms with Crippen LogP contribution < -0.4 is 4.31 Å². The van der Waals surface area contributed by atoms with Crippen molar-refractivity contribution in [3.63, 3.8) is 0 Å². The van der Waals surface area contributed by atoms with Gasteiger partial charge in [0, 0.05) is 6.54 Å². The molecule has 3 aromatic carbocycles. The Bertz CT molecular complexity index is 1290. The summed E-state index contributed by atoms with van der Waals surface area (Å²) in [4.78, 5) is -0.104. The number of benzene rings is 3. The molecule has 0 aliphatic rings. The third kappa shape index (κ3) is 4.79. The van der Waals surface area contributed by atoms with Crippen molar-refractivity contribution in [2.24, 2.45) is 5.92 Å². The lowest BCUT2D eigenvalue weighted by atomic mass is 9.85. The van der Waals surface area contributed by atoms with Gasteiger partial charge in [-0.3, -0.25) is 4.31 Å². The highest BCUT2D eigenvalue weighted by Gasteiger charge is 2.56. The number of rotatable bonds is 7. The molecule has 0 amide bonds. The molecular weight excluding hydrogens is 465 g/mol. The normalized spacial score (nSPS) is 13.8. The van der Waals surface area contributed by atoms with Crippen LogP contribution in [0.15, 0.2) is 83.8 Å². The molecule has 1 unspecified atom stereocenters. The van der Waals surface area contributed by atoms with Crippen LogP contribution >= 0.6 is 0 Å². The molecule has 0 heterocycles. The van der Waals surface area contributed by atoms with Gasteiger partial charge in [-0.2, -0.15) is 18.4 Å². The standard InChI is InChI=1S/C25H23F3N2O3S/c1-18(2)17-30(34(32,33)23-10-6-7-19(15-23)16-29)22-13-11-21(12-14-22)24(31,25(26,27)28)20-8-4-3-5-9-20/h3-15,18,31H,17H2,1-2H3. The maximum Gasteiger partial charge on any atom is 0.425 e. The van der Waals surface area contributed by atoms with Crippen LogP contribution in [0.25, 0.3) is 0 Å². The quantitative estimate of drug-likeness (QED) is 0.495. The van der Waals surface area contributed by atoms with Crippen LogP contribution in [0.4, 0.5) is 18.9 Å². The summed E-state index contributed by atoms with van der Waals surface area (Å²) in [6.45, 7) is 3.67. The third-order valence-corrected chi connectivity index (χ3v) is 7.05. The lowest BCUT2D eigenvalue weighted by Gasteiger charge is -2.32. The number of sulfonamides is 1. The Labute approximate surface area is 196 Å². The molecule has 0 aliphatic heterocycles. The second-order valence-electron chi connectivity index (χ2n) is 8.19. The lowest BCUT2D eigenvalue weighted by molar-refractivity contribution is -0.248. The van der Waals surface area contributed by atoms with Crippen LogP contribution in [-0.2, 0) is 15.6 Å². The summed E-state index contributed by atoms with van der Waals surface area (Å²) >= 11 is 0. The summed E-state index contributed by atoms with van der Waals surface area (Å²) < 4.78 is 69.9. The third-order valence-electron chi connectivity index (χ3n) is 5.26. The highest BCUT2D eigenvalue weighted by molar-refractivity contribution is 7.92. The first-order valence-electron chi connectivity index (χ1n) is 10.4. The van der Waals surface area contributed by atoms with Crippen LogP contribution in [0, 0.1) is 17.2 Å². The van der Waals surface area contributed by atoms with Gasteiger partial charge >= 0.3 is 6.18 Å². The molecule has 34 heavy (non-hydrogen) atoms. The Morgan fingerprint density at radius 2 is 1.53 bits per heavy atom. The fourth-order valence-electron chi connectivity index (χ4n) is 3.57. The number of hydrogen-bond donors (Lipinski definition) is 1. The SMILES string of the molecule is CC(C)CN(c1ccc(C(O)(c2ccccc2)C(F)(F)F)cc1)S(=O)(=O)c1cccc(C#N)c1. The molecule has 3 aromatic rings. The fraction of sp³-hybridized carbons (Fsp3) is 0.240. The number of nitrogens with zero attached hydrogens (tertiary/aromatic N) is 2. The zero-order chi connectivity index (χ0) is 25.1. The van der Waals surface area contributed by atoms with E-state index >= 15 is 0 Å². The van der Waals surface area contributed by atoms with E-state index < -0.39 is 27.4 Å². The van der Waals surface area contributed by atoms with E-state index in [1.54, 1.807) is 19.9 Å². The predicted molar refractivity (Wildman–Crippen MR) is 122 cm³/mol. The predicted octanol–water partition coefficient (Wildman–Crippen LogP) is 5.21. The summed E-state index contributed by atoms with van der Waals surface area (Å²) in [5.41, 5.74) is -3.76.